The number of aromatic nitrogens is 3. The van der Waals surface area contributed by atoms with Crippen LogP contribution in [-0.2, 0) is 11.3 Å². The van der Waals surface area contributed by atoms with Crippen LogP contribution in [0, 0.1) is 28.8 Å². The van der Waals surface area contributed by atoms with Crippen LogP contribution >= 0.6 is 0 Å². The van der Waals surface area contributed by atoms with Crippen molar-refractivity contribution in [3.05, 3.63) is 71.3 Å². The number of hydrogen-bond donors (Lipinski definition) is 2. The molecule has 0 spiro atoms. The van der Waals surface area contributed by atoms with Crippen LogP contribution in [0.4, 0.5) is 17.6 Å². The van der Waals surface area contributed by atoms with Crippen molar-refractivity contribution in [2.45, 2.75) is 52.6 Å². The molecule has 2 aromatic carbocycles. The molecule has 2 N–H and O–H groups in total. The highest BCUT2D eigenvalue weighted by molar-refractivity contribution is 5.80. The number of hydrogen-bond acceptors (Lipinski definition) is 5. The number of carbonyl (C=O) groups is 1. The second kappa shape index (κ2) is 11.4. The SMILES string of the molecule is CC(O)C(=O)N(C[C@@H]1CNC[C@@H]1F)[C@@H](c1nc(-c2cc(F)ccc2F)nn1Cc1cccc(F)c1)C(C)(C)C. The second-order valence-corrected chi connectivity index (χ2v) is 11.1. The van der Waals surface area contributed by atoms with E-state index in [1.807, 2.05) is 20.8 Å². The lowest BCUT2D eigenvalue weighted by molar-refractivity contribution is -0.146. The number of nitrogens with zero attached hydrogens (tertiary/aromatic N) is 4. The number of aliphatic hydroxyl groups is 1. The first-order chi connectivity index (χ1) is 18.3. The van der Waals surface area contributed by atoms with Crippen molar-refractivity contribution in [1.82, 2.24) is 25.0 Å². The molecule has 0 bridgehead atoms. The van der Waals surface area contributed by atoms with Crippen molar-refractivity contribution in [3.63, 3.8) is 0 Å². The molecule has 11 heteroatoms. The smallest absolute Gasteiger partial charge is 0.251 e. The summed E-state index contributed by atoms with van der Waals surface area (Å²) in [7, 11) is 0. The molecule has 1 aromatic heterocycles. The molecule has 4 atom stereocenters. The van der Waals surface area contributed by atoms with E-state index in [0.29, 0.717) is 12.1 Å². The van der Waals surface area contributed by atoms with Crippen LogP contribution in [0.5, 0.6) is 0 Å². The molecule has 1 aliphatic rings. The predicted molar refractivity (Wildman–Crippen MR) is 138 cm³/mol. The largest absolute Gasteiger partial charge is 0.384 e. The summed E-state index contributed by atoms with van der Waals surface area (Å²) >= 11 is 0. The lowest BCUT2D eigenvalue weighted by Crippen LogP contribution is -2.49. The van der Waals surface area contributed by atoms with Crippen molar-refractivity contribution in [1.29, 1.82) is 0 Å². The minimum atomic E-state index is -1.39. The standard InChI is InChI=1S/C28H33F4N5O2/c1-16(38)27(39)36(15-18-12-33-13-23(18)32)24(28(2,3)4)26-34-25(21-11-20(30)8-9-22(21)31)35-37(26)14-17-6-5-7-19(29)10-17/h5-11,16,18,23-24,33,38H,12-15H2,1-4H3/t16?,18-,23-,24-/m0/s1. The van der Waals surface area contributed by atoms with E-state index < -0.39 is 53.0 Å². The van der Waals surface area contributed by atoms with Crippen LogP contribution in [0.15, 0.2) is 42.5 Å². The summed E-state index contributed by atoms with van der Waals surface area (Å²) in [6, 6.07) is 7.89. The van der Waals surface area contributed by atoms with Gasteiger partial charge in [-0.15, -0.1) is 0 Å². The Kier molecular flexibility index (Phi) is 8.41. The summed E-state index contributed by atoms with van der Waals surface area (Å²) in [6.45, 7) is 7.38. The summed E-state index contributed by atoms with van der Waals surface area (Å²) in [5.74, 6) is -2.97. The van der Waals surface area contributed by atoms with E-state index in [2.05, 4.69) is 15.4 Å². The van der Waals surface area contributed by atoms with E-state index in [1.165, 1.54) is 34.7 Å². The predicted octanol–water partition coefficient (Wildman–Crippen LogP) is 4.26. The number of carbonyl (C=O) groups excluding carboxylic acids is 1. The summed E-state index contributed by atoms with van der Waals surface area (Å²) in [5.41, 5.74) is -0.385. The monoisotopic (exact) mass is 547 g/mol. The maximum absolute atomic E-state index is 14.8. The van der Waals surface area contributed by atoms with E-state index in [9.17, 15) is 27.5 Å². The minimum Gasteiger partial charge on any atom is -0.384 e. The third-order valence-corrected chi connectivity index (χ3v) is 6.80. The fourth-order valence-electron chi connectivity index (χ4n) is 4.95. The Bertz CT molecular complexity index is 1320. The average molecular weight is 548 g/mol. The quantitative estimate of drug-likeness (QED) is 0.412. The highest BCUT2D eigenvalue weighted by Gasteiger charge is 2.42. The first kappa shape index (κ1) is 28.7. The van der Waals surface area contributed by atoms with Crippen LogP contribution in [0.25, 0.3) is 11.4 Å². The van der Waals surface area contributed by atoms with Crippen LogP contribution in [-0.4, -0.2) is 62.6 Å². The molecule has 7 nitrogen and oxygen atoms in total. The molecule has 1 fully saturated rings. The van der Waals surface area contributed by atoms with Crippen molar-refractivity contribution >= 4 is 5.91 Å². The van der Waals surface area contributed by atoms with Gasteiger partial charge in [0, 0.05) is 25.6 Å². The van der Waals surface area contributed by atoms with Gasteiger partial charge in [0.15, 0.2) is 11.6 Å². The lowest BCUT2D eigenvalue weighted by atomic mass is 9.84. The average Bonchev–Trinajstić information content (AvgIpc) is 3.44. The topological polar surface area (TPSA) is 83.3 Å². The third kappa shape index (κ3) is 6.47. The molecule has 0 saturated carbocycles. The van der Waals surface area contributed by atoms with Gasteiger partial charge in [0.05, 0.1) is 18.2 Å². The van der Waals surface area contributed by atoms with E-state index >= 15 is 0 Å². The molecule has 0 radical (unpaired) electrons. The van der Waals surface area contributed by atoms with Gasteiger partial charge < -0.3 is 15.3 Å². The molecule has 1 amide bonds. The highest BCUT2D eigenvalue weighted by atomic mass is 19.1. The summed E-state index contributed by atoms with van der Waals surface area (Å²) in [6.07, 6.45) is -2.58. The van der Waals surface area contributed by atoms with E-state index in [1.54, 1.807) is 6.07 Å². The number of rotatable bonds is 8. The van der Waals surface area contributed by atoms with Crippen molar-refractivity contribution in [3.8, 4) is 11.4 Å². The number of aliphatic hydroxyl groups excluding tert-OH is 1. The van der Waals surface area contributed by atoms with Crippen molar-refractivity contribution < 1.29 is 27.5 Å². The molecule has 1 saturated heterocycles. The summed E-state index contributed by atoms with van der Waals surface area (Å²) in [5, 5.41) is 17.7. The molecular weight excluding hydrogens is 514 g/mol. The van der Waals surface area contributed by atoms with Crippen LogP contribution < -0.4 is 5.32 Å². The van der Waals surface area contributed by atoms with E-state index in [-0.39, 0.29) is 36.8 Å². The lowest BCUT2D eigenvalue weighted by Gasteiger charge is -2.41. The number of alkyl halides is 1. The maximum Gasteiger partial charge on any atom is 0.251 e. The van der Waals surface area contributed by atoms with Crippen LogP contribution in [0.3, 0.4) is 0 Å². The van der Waals surface area contributed by atoms with Gasteiger partial charge in [-0.05, 0) is 48.2 Å². The first-order valence-electron chi connectivity index (χ1n) is 12.8. The first-order valence-corrected chi connectivity index (χ1v) is 12.8. The van der Waals surface area contributed by atoms with Gasteiger partial charge in [0.1, 0.15) is 29.7 Å². The Morgan fingerprint density at radius 3 is 2.49 bits per heavy atom. The Morgan fingerprint density at radius 2 is 1.87 bits per heavy atom. The fourth-order valence-corrected chi connectivity index (χ4v) is 4.95. The van der Waals surface area contributed by atoms with Gasteiger partial charge in [0.25, 0.3) is 5.91 Å². The summed E-state index contributed by atoms with van der Waals surface area (Å²) in [4.78, 5) is 19.4. The zero-order valence-electron chi connectivity index (χ0n) is 22.3. The summed E-state index contributed by atoms with van der Waals surface area (Å²) < 4.78 is 59.0. The molecule has 4 rings (SSSR count). The zero-order chi connectivity index (χ0) is 28.5. The van der Waals surface area contributed by atoms with Gasteiger partial charge in [-0.3, -0.25) is 4.79 Å². The molecule has 1 aliphatic heterocycles. The fraction of sp³-hybridized carbons (Fsp3) is 0.464. The molecule has 210 valence electrons. The molecule has 3 aromatic rings. The van der Waals surface area contributed by atoms with Gasteiger partial charge >= 0.3 is 0 Å². The Hall–Kier alpha value is -3.31. The highest BCUT2D eigenvalue weighted by Crippen LogP contribution is 2.40. The number of nitrogens with one attached hydrogen (secondary N) is 1. The van der Waals surface area contributed by atoms with E-state index in [0.717, 1.165) is 18.2 Å². The number of amides is 1. The van der Waals surface area contributed by atoms with Gasteiger partial charge in [-0.2, -0.15) is 5.10 Å². The van der Waals surface area contributed by atoms with Gasteiger partial charge in [-0.1, -0.05) is 32.9 Å². The van der Waals surface area contributed by atoms with E-state index in [4.69, 9.17) is 0 Å². The number of halogens is 4. The molecule has 1 unspecified atom stereocenters. The molecular formula is C28H33F4N5O2. The third-order valence-electron chi connectivity index (χ3n) is 6.80. The van der Waals surface area contributed by atoms with Crippen molar-refractivity contribution in [2.75, 3.05) is 19.6 Å². The second-order valence-electron chi connectivity index (χ2n) is 11.1. The molecule has 0 aliphatic carbocycles. The maximum atomic E-state index is 14.8. The van der Waals surface area contributed by atoms with Gasteiger partial charge in [0.2, 0.25) is 0 Å². The molecule has 2 heterocycles. The zero-order valence-corrected chi connectivity index (χ0v) is 22.3. The van der Waals surface area contributed by atoms with Gasteiger partial charge in [-0.25, -0.2) is 27.2 Å². The Balaban J connectivity index is 1.89. The minimum absolute atomic E-state index is 0.0109. The van der Waals surface area contributed by atoms with Crippen LogP contribution in [0.2, 0.25) is 0 Å². The van der Waals surface area contributed by atoms with Crippen LogP contribution in [0.1, 0.15) is 45.1 Å². The number of benzene rings is 2. The van der Waals surface area contributed by atoms with Crippen molar-refractivity contribution in [2.24, 2.45) is 11.3 Å². The normalized spacial score (nSPS) is 19.2. The Labute approximate surface area is 224 Å². The molecule has 39 heavy (non-hydrogen) atoms. The Morgan fingerprint density at radius 1 is 1.15 bits per heavy atom.